The number of aliphatic hydroxyl groups excluding tert-OH is 3. The SMILES string of the molecule is CCOc1ccc(Cc2cc([C@]34OC[C@](C(C)(C)O)(O3)[C@@H](O)[C@H](O)[C@H]4O)ccc2Cl)cc1F. The number of hydrogen-bond acceptors (Lipinski definition) is 7. The lowest BCUT2D eigenvalue weighted by atomic mass is 9.75. The van der Waals surface area contributed by atoms with Crippen LogP contribution in [0.3, 0.4) is 0 Å². The van der Waals surface area contributed by atoms with E-state index in [9.17, 15) is 24.8 Å². The second-order valence-corrected chi connectivity index (χ2v) is 9.47. The van der Waals surface area contributed by atoms with Crippen LogP contribution < -0.4 is 4.74 Å². The van der Waals surface area contributed by atoms with Gasteiger partial charge in [-0.05, 0) is 62.6 Å². The van der Waals surface area contributed by atoms with Gasteiger partial charge in [0, 0.05) is 10.6 Å². The molecule has 2 heterocycles. The Balaban J connectivity index is 1.71. The molecule has 0 amide bonds. The monoisotopic (exact) mass is 482 g/mol. The third-order valence-corrected chi connectivity index (χ3v) is 6.89. The predicted molar refractivity (Wildman–Crippen MR) is 118 cm³/mol. The summed E-state index contributed by atoms with van der Waals surface area (Å²) >= 11 is 6.40. The molecule has 2 aromatic rings. The van der Waals surface area contributed by atoms with Crippen molar-refractivity contribution in [1.82, 2.24) is 0 Å². The first-order valence-corrected chi connectivity index (χ1v) is 11.1. The van der Waals surface area contributed by atoms with Crippen LogP contribution in [0.15, 0.2) is 36.4 Å². The first kappa shape index (κ1) is 24.3. The molecule has 2 fully saturated rings. The Morgan fingerprint density at radius 1 is 1.15 bits per heavy atom. The van der Waals surface area contributed by atoms with Crippen LogP contribution in [0.25, 0.3) is 0 Å². The van der Waals surface area contributed by atoms with E-state index in [4.69, 9.17) is 25.8 Å². The van der Waals surface area contributed by atoms with Crippen molar-refractivity contribution in [3.05, 3.63) is 63.9 Å². The molecule has 9 heteroatoms. The second kappa shape index (κ2) is 8.46. The highest BCUT2D eigenvalue weighted by Gasteiger charge is 2.71. The predicted octanol–water partition coefficient (Wildman–Crippen LogP) is 2.27. The number of hydrogen-bond donors (Lipinski definition) is 4. The van der Waals surface area contributed by atoms with Gasteiger partial charge in [0.15, 0.2) is 17.2 Å². The minimum absolute atomic E-state index is 0.161. The quantitative estimate of drug-likeness (QED) is 0.500. The molecule has 33 heavy (non-hydrogen) atoms. The van der Waals surface area contributed by atoms with E-state index in [1.165, 1.54) is 19.9 Å². The molecule has 0 saturated carbocycles. The molecular weight excluding hydrogens is 455 g/mol. The summed E-state index contributed by atoms with van der Waals surface area (Å²) in [5, 5.41) is 43.2. The van der Waals surface area contributed by atoms with Gasteiger partial charge in [0.25, 0.3) is 0 Å². The van der Waals surface area contributed by atoms with Gasteiger partial charge in [-0.15, -0.1) is 0 Å². The van der Waals surface area contributed by atoms with Crippen molar-refractivity contribution in [3.8, 4) is 5.75 Å². The highest BCUT2D eigenvalue weighted by atomic mass is 35.5. The second-order valence-electron chi connectivity index (χ2n) is 9.07. The summed E-state index contributed by atoms with van der Waals surface area (Å²) in [5.41, 5.74) is -1.66. The number of rotatable bonds is 6. The van der Waals surface area contributed by atoms with E-state index in [0.717, 1.165) is 0 Å². The molecule has 2 saturated heterocycles. The molecule has 2 aliphatic heterocycles. The maximum absolute atomic E-state index is 14.3. The summed E-state index contributed by atoms with van der Waals surface area (Å²) in [5.74, 6) is -2.16. The van der Waals surface area contributed by atoms with Crippen LogP contribution in [0.1, 0.15) is 37.5 Å². The van der Waals surface area contributed by atoms with Crippen molar-refractivity contribution < 1.29 is 39.0 Å². The van der Waals surface area contributed by atoms with Gasteiger partial charge in [0.1, 0.15) is 18.3 Å². The number of benzene rings is 2. The number of ether oxygens (including phenoxy) is 3. The van der Waals surface area contributed by atoms with Crippen molar-refractivity contribution in [2.75, 3.05) is 13.2 Å². The van der Waals surface area contributed by atoms with Crippen molar-refractivity contribution in [1.29, 1.82) is 0 Å². The largest absolute Gasteiger partial charge is 0.491 e. The molecule has 0 unspecified atom stereocenters. The Kier molecular flexibility index (Phi) is 6.24. The van der Waals surface area contributed by atoms with E-state index < -0.39 is 41.1 Å². The van der Waals surface area contributed by atoms with Crippen LogP contribution in [0.5, 0.6) is 5.75 Å². The van der Waals surface area contributed by atoms with Crippen LogP contribution in [0.2, 0.25) is 5.02 Å². The van der Waals surface area contributed by atoms with Crippen molar-refractivity contribution >= 4 is 11.6 Å². The minimum atomic E-state index is -1.83. The van der Waals surface area contributed by atoms with E-state index >= 15 is 0 Å². The zero-order chi connectivity index (χ0) is 24.2. The average Bonchev–Trinajstić information content (AvgIpc) is 3.16. The third kappa shape index (κ3) is 3.83. The van der Waals surface area contributed by atoms with Gasteiger partial charge in [0.2, 0.25) is 5.79 Å². The molecule has 0 aliphatic carbocycles. The maximum Gasteiger partial charge on any atom is 0.225 e. The summed E-state index contributed by atoms with van der Waals surface area (Å²) in [6.07, 6.45) is -4.58. The molecule has 4 rings (SSSR count). The number of halogens is 2. The zero-order valence-electron chi connectivity index (χ0n) is 18.6. The fourth-order valence-corrected chi connectivity index (χ4v) is 4.74. The fraction of sp³-hybridized carbons (Fsp3) is 0.500. The highest BCUT2D eigenvalue weighted by Crippen LogP contribution is 2.53. The number of fused-ring (bicyclic) bond motifs is 2. The van der Waals surface area contributed by atoms with Crippen molar-refractivity contribution in [2.24, 2.45) is 0 Å². The van der Waals surface area contributed by atoms with E-state index in [-0.39, 0.29) is 18.8 Å². The minimum Gasteiger partial charge on any atom is -0.491 e. The molecule has 0 radical (unpaired) electrons. The Morgan fingerprint density at radius 2 is 1.88 bits per heavy atom. The summed E-state index contributed by atoms with van der Waals surface area (Å²) in [7, 11) is 0. The lowest BCUT2D eigenvalue weighted by molar-refractivity contribution is -0.348. The molecule has 2 aromatic carbocycles. The van der Waals surface area contributed by atoms with Crippen LogP contribution in [0.4, 0.5) is 4.39 Å². The molecule has 2 aliphatic rings. The summed E-state index contributed by atoms with van der Waals surface area (Å²) in [6.45, 7) is 4.74. The van der Waals surface area contributed by atoms with Gasteiger partial charge >= 0.3 is 0 Å². The van der Waals surface area contributed by atoms with Crippen LogP contribution in [-0.2, 0) is 21.7 Å². The summed E-state index contributed by atoms with van der Waals surface area (Å²) in [6, 6.07) is 9.46. The van der Waals surface area contributed by atoms with Gasteiger partial charge in [-0.3, -0.25) is 0 Å². The Morgan fingerprint density at radius 3 is 2.52 bits per heavy atom. The lowest BCUT2D eigenvalue weighted by Crippen LogP contribution is -2.70. The Labute approximate surface area is 196 Å². The van der Waals surface area contributed by atoms with Crippen LogP contribution >= 0.6 is 11.6 Å². The standard InChI is InChI=1S/C24H28ClFO7/c1-4-31-18-8-5-13(10-17(18)26)9-14-11-15(6-7-16(14)25)24-21(29)19(27)20(28)23(33-24,12-32-24)22(2,3)30/h5-8,10-11,19-21,27-30H,4,9,12H2,1-3H3/t19-,20-,21+,23-,24-/m0/s1. The maximum atomic E-state index is 14.3. The molecule has 0 spiro atoms. The van der Waals surface area contributed by atoms with Crippen LogP contribution in [-0.4, -0.2) is 63.2 Å². The van der Waals surface area contributed by atoms with Crippen molar-refractivity contribution in [3.63, 3.8) is 0 Å². The zero-order valence-corrected chi connectivity index (χ0v) is 19.3. The summed E-state index contributed by atoms with van der Waals surface area (Å²) < 4.78 is 31.5. The molecule has 0 aromatic heterocycles. The Bertz CT molecular complexity index is 1040. The van der Waals surface area contributed by atoms with Crippen molar-refractivity contribution in [2.45, 2.75) is 62.5 Å². The topological polar surface area (TPSA) is 109 Å². The molecule has 5 atom stereocenters. The fourth-order valence-electron chi connectivity index (χ4n) is 4.56. The molecule has 7 nitrogen and oxygen atoms in total. The van der Waals surface area contributed by atoms with Gasteiger partial charge in [-0.25, -0.2) is 4.39 Å². The third-order valence-electron chi connectivity index (χ3n) is 6.52. The Hall–Kier alpha value is -1.78. The summed E-state index contributed by atoms with van der Waals surface area (Å²) in [4.78, 5) is 0. The molecule has 4 N–H and O–H groups in total. The van der Waals surface area contributed by atoms with Crippen LogP contribution in [0, 0.1) is 5.82 Å². The van der Waals surface area contributed by atoms with Gasteiger partial charge < -0.3 is 34.6 Å². The first-order valence-electron chi connectivity index (χ1n) is 10.8. The molecule has 2 bridgehead atoms. The number of aliphatic hydroxyl groups is 4. The first-order chi connectivity index (χ1) is 15.4. The highest BCUT2D eigenvalue weighted by molar-refractivity contribution is 6.31. The normalized spacial score (nSPS) is 31.6. The van der Waals surface area contributed by atoms with Gasteiger partial charge in [-0.1, -0.05) is 23.7 Å². The van der Waals surface area contributed by atoms with Gasteiger partial charge in [-0.2, -0.15) is 0 Å². The molecule has 180 valence electrons. The molecular formula is C24H28ClFO7. The average molecular weight is 483 g/mol. The van der Waals surface area contributed by atoms with E-state index in [1.807, 2.05) is 0 Å². The van der Waals surface area contributed by atoms with Gasteiger partial charge in [0.05, 0.1) is 18.8 Å². The lowest BCUT2D eigenvalue weighted by Gasteiger charge is -2.50. The van der Waals surface area contributed by atoms with E-state index in [1.54, 1.807) is 37.3 Å². The van der Waals surface area contributed by atoms with E-state index in [2.05, 4.69) is 0 Å². The smallest absolute Gasteiger partial charge is 0.225 e. The van der Waals surface area contributed by atoms with E-state index in [0.29, 0.717) is 28.3 Å².